The van der Waals surface area contributed by atoms with Gasteiger partial charge in [0, 0.05) is 42.5 Å². The molecule has 1 amide bonds. The fraction of sp³-hybridized carbons (Fsp3) is 0.292. The number of benzene rings is 1. The van der Waals surface area contributed by atoms with E-state index in [1.807, 2.05) is 12.1 Å². The lowest BCUT2D eigenvalue weighted by molar-refractivity contribution is -0.199. The Hall–Kier alpha value is -4.05. The summed E-state index contributed by atoms with van der Waals surface area (Å²) >= 11 is 0. The van der Waals surface area contributed by atoms with Gasteiger partial charge in [-0.1, -0.05) is 0 Å². The molecule has 3 heterocycles. The molecule has 0 saturated carbocycles. The van der Waals surface area contributed by atoms with Gasteiger partial charge in [0.25, 0.3) is 5.91 Å². The average Bonchev–Trinajstić information content (AvgIpc) is 3.25. The van der Waals surface area contributed by atoms with Gasteiger partial charge in [-0.25, -0.2) is 0 Å². The van der Waals surface area contributed by atoms with Crippen LogP contribution in [-0.4, -0.2) is 47.5 Å². The van der Waals surface area contributed by atoms with Gasteiger partial charge in [0.05, 0.1) is 25.3 Å². The Kier molecular flexibility index (Phi) is 6.98. The first-order chi connectivity index (χ1) is 16.5. The van der Waals surface area contributed by atoms with Crippen molar-refractivity contribution in [2.45, 2.75) is 18.9 Å². The molecule has 1 aliphatic rings. The van der Waals surface area contributed by atoms with Gasteiger partial charge in [-0.2, -0.15) is 5.10 Å². The number of amides is 1. The predicted octanol–water partition coefficient (Wildman–Crippen LogP) is 2.85. The molecule has 3 N–H and O–H groups in total. The van der Waals surface area contributed by atoms with Crippen LogP contribution in [0.3, 0.4) is 0 Å². The van der Waals surface area contributed by atoms with Crippen LogP contribution in [0.1, 0.15) is 23.2 Å². The minimum absolute atomic E-state index is 0.193. The second-order valence-corrected chi connectivity index (χ2v) is 7.79. The molecule has 0 radical (unpaired) electrons. The number of carbonyl (C=O) groups excluding carboxylic acids is 1. The minimum atomic E-state index is -0.246. The molecule has 1 atom stereocenters. The summed E-state index contributed by atoms with van der Waals surface area (Å²) in [6.45, 7) is 0.426. The van der Waals surface area contributed by atoms with Gasteiger partial charge < -0.3 is 20.5 Å². The van der Waals surface area contributed by atoms with Crippen molar-refractivity contribution in [3.63, 3.8) is 0 Å². The summed E-state index contributed by atoms with van der Waals surface area (Å²) in [6, 6.07) is 5.28. The summed E-state index contributed by atoms with van der Waals surface area (Å²) in [7, 11) is 4.93. The Balaban J connectivity index is 1.69. The second-order valence-electron chi connectivity index (χ2n) is 7.79. The van der Waals surface area contributed by atoms with Crippen molar-refractivity contribution in [3.8, 4) is 22.8 Å². The van der Waals surface area contributed by atoms with Crippen molar-refractivity contribution >= 4 is 16.8 Å². The molecule has 0 aliphatic carbocycles. The number of rotatable bonds is 9. The van der Waals surface area contributed by atoms with E-state index in [-0.39, 0.29) is 11.9 Å². The number of fused-ring (bicyclic) bond motifs is 1. The van der Waals surface area contributed by atoms with Crippen LogP contribution in [0.2, 0.25) is 0 Å². The Morgan fingerprint density at radius 1 is 1.24 bits per heavy atom. The molecule has 1 unspecified atom stereocenters. The fourth-order valence-corrected chi connectivity index (χ4v) is 3.90. The molecule has 10 heteroatoms. The zero-order valence-corrected chi connectivity index (χ0v) is 19.3. The highest BCUT2D eigenvalue weighted by atomic mass is 17.2. The molecule has 0 fully saturated rings. The molecule has 0 spiro atoms. The first-order valence-electron chi connectivity index (χ1n) is 10.8. The molecule has 2 aromatic heterocycles. The maximum Gasteiger partial charge on any atom is 0.255 e. The second kappa shape index (κ2) is 10.3. The van der Waals surface area contributed by atoms with E-state index in [0.717, 1.165) is 16.5 Å². The number of allylic oxidation sites excluding steroid dienone is 1. The van der Waals surface area contributed by atoms with E-state index >= 15 is 0 Å². The highest BCUT2D eigenvalue weighted by Crippen LogP contribution is 2.36. The van der Waals surface area contributed by atoms with E-state index in [2.05, 4.69) is 15.4 Å². The van der Waals surface area contributed by atoms with E-state index in [0.29, 0.717) is 47.7 Å². The quantitative estimate of drug-likeness (QED) is 0.463. The van der Waals surface area contributed by atoms with Crippen LogP contribution in [0.15, 0.2) is 54.8 Å². The SMILES string of the molecule is COc1cc2nccc(-c3nn(C)cc3C(=O)NC(CCN)CC3=COOC=C3)c2cc1OC. The van der Waals surface area contributed by atoms with Gasteiger partial charge in [0.2, 0.25) is 0 Å². The summed E-state index contributed by atoms with van der Waals surface area (Å²) in [6.07, 6.45) is 9.29. The predicted molar refractivity (Wildman–Crippen MR) is 126 cm³/mol. The standard InChI is InChI=1S/C24H27N5O5/c1-29-13-19(24(30)27-16(4-7-25)10-15-6-9-33-34-14-15)23(28-29)17-5-8-26-20-12-22(32-3)21(31-2)11-18(17)20/h5-6,8-9,11-14,16H,4,7,10,25H2,1-3H3,(H,27,30). The monoisotopic (exact) mass is 465 g/mol. The third kappa shape index (κ3) is 4.81. The van der Waals surface area contributed by atoms with Crippen molar-refractivity contribution < 1.29 is 24.0 Å². The normalized spacial score (nSPS) is 13.6. The number of aromatic nitrogens is 3. The summed E-state index contributed by atoms with van der Waals surface area (Å²) in [4.78, 5) is 27.4. The number of aryl methyl sites for hydroxylation is 1. The van der Waals surface area contributed by atoms with Gasteiger partial charge in [0.1, 0.15) is 18.2 Å². The van der Waals surface area contributed by atoms with Crippen molar-refractivity contribution in [3.05, 3.63) is 60.3 Å². The summed E-state index contributed by atoms with van der Waals surface area (Å²) in [5.74, 6) is 0.891. The van der Waals surface area contributed by atoms with Gasteiger partial charge in [0.15, 0.2) is 11.5 Å². The smallest absolute Gasteiger partial charge is 0.255 e. The van der Waals surface area contributed by atoms with Crippen molar-refractivity contribution in [2.75, 3.05) is 20.8 Å². The fourth-order valence-electron chi connectivity index (χ4n) is 3.90. The van der Waals surface area contributed by atoms with E-state index in [1.54, 1.807) is 50.5 Å². The maximum absolute atomic E-state index is 13.4. The molecule has 0 saturated heterocycles. The molecule has 1 aromatic carbocycles. The first kappa shape index (κ1) is 23.1. The molecule has 0 bridgehead atoms. The lowest BCUT2D eigenvalue weighted by Gasteiger charge is -2.19. The molecule has 4 rings (SSSR count). The summed E-state index contributed by atoms with van der Waals surface area (Å²) in [5, 5.41) is 8.47. The highest BCUT2D eigenvalue weighted by molar-refractivity contribution is 6.04. The lowest BCUT2D eigenvalue weighted by Crippen LogP contribution is -2.36. The molecule has 1 aliphatic heterocycles. The maximum atomic E-state index is 13.4. The number of methoxy groups -OCH3 is 2. The minimum Gasteiger partial charge on any atom is -0.493 e. The van der Waals surface area contributed by atoms with E-state index in [9.17, 15) is 4.79 Å². The molecule has 10 nitrogen and oxygen atoms in total. The van der Waals surface area contributed by atoms with Crippen molar-refractivity contribution in [1.29, 1.82) is 0 Å². The summed E-state index contributed by atoms with van der Waals surface area (Å²) < 4.78 is 12.5. The first-order valence-corrected chi connectivity index (χ1v) is 10.8. The van der Waals surface area contributed by atoms with E-state index < -0.39 is 0 Å². The topological polar surface area (TPSA) is 123 Å². The van der Waals surface area contributed by atoms with Crippen LogP contribution < -0.4 is 20.5 Å². The average molecular weight is 466 g/mol. The number of hydrogen-bond donors (Lipinski definition) is 2. The molecular formula is C24H27N5O5. The Bertz CT molecular complexity index is 1250. The van der Waals surface area contributed by atoms with Gasteiger partial charge in [-0.15, -0.1) is 0 Å². The Morgan fingerprint density at radius 3 is 2.74 bits per heavy atom. The van der Waals surface area contributed by atoms with Crippen LogP contribution in [0.4, 0.5) is 0 Å². The molecule has 3 aromatic rings. The number of nitrogens with one attached hydrogen (secondary N) is 1. The molecule has 34 heavy (non-hydrogen) atoms. The number of nitrogens with two attached hydrogens (primary N) is 1. The van der Waals surface area contributed by atoms with Crippen LogP contribution in [0.5, 0.6) is 11.5 Å². The summed E-state index contributed by atoms with van der Waals surface area (Å²) in [5.41, 5.74) is 9.13. The zero-order chi connectivity index (χ0) is 24.1. The van der Waals surface area contributed by atoms with E-state index in [4.69, 9.17) is 25.0 Å². The van der Waals surface area contributed by atoms with Crippen LogP contribution in [-0.2, 0) is 16.8 Å². The van der Waals surface area contributed by atoms with Crippen LogP contribution in [0, 0.1) is 0 Å². The number of nitrogens with zero attached hydrogens (tertiary/aromatic N) is 3. The Labute approximate surface area is 196 Å². The largest absolute Gasteiger partial charge is 0.493 e. The third-order valence-corrected chi connectivity index (χ3v) is 5.50. The number of hydrogen-bond acceptors (Lipinski definition) is 8. The number of pyridine rings is 1. The number of ether oxygens (including phenoxy) is 2. The zero-order valence-electron chi connectivity index (χ0n) is 19.3. The van der Waals surface area contributed by atoms with E-state index in [1.165, 1.54) is 12.5 Å². The number of carbonyl (C=O) groups is 1. The van der Waals surface area contributed by atoms with Crippen LogP contribution in [0.25, 0.3) is 22.2 Å². The Morgan fingerprint density at radius 2 is 2.03 bits per heavy atom. The van der Waals surface area contributed by atoms with Crippen molar-refractivity contribution in [2.24, 2.45) is 12.8 Å². The highest BCUT2D eigenvalue weighted by Gasteiger charge is 2.23. The van der Waals surface area contributed by atoms with Crippen molar-refractivity contribution in [1.82, 2.24) is 20.1 Å². The van der Waals surface area contributed by atoms with Crippen LogP contribution >= 0.6 is 0 Å². The molecular weight excluding hydrogens is 438 g/mol. The lowest BCUT2D eigenvalue weighted by atomic mass is 10.0. The van der Waals surface area contributed by atoms with Gasteiger partial charge in [-0.05, 0) is 43.2 Å². The third-order valence-electron chi connectivity index (χ3n) is 5.50. The van der Waals surface area contributed by atoms with Gasteiger partial charge in [-0.3, -0.25) is 24.2 Å². The van der Waals surface area contributed by atoms with Gasteiger partial charge >= 0.3 is 0 Å². The molecule has 178 valence electrons.